The Kier molecular flexibility index (Phi) is 6.15. The molecular formula is C14H22N2O3. The summed E-state index contributed by atoms with van der Waals surface area (Å²) >= 11 is 0. The van der Waals surface area contributed by atoms with Gasteiger partial charge in [0, 0.05) is 5.56 Å². The van der Waals surface area contributed by atoms with Gasteiger partial charge in [0.05, 0.1) is 19.3 Å². The molecule has 19 heavy (non-hydrogen) atoms. The predicted molar refractivity (Wildman–Crippen MR) is 74.1 cm³/mol. The third kappa shape index (κ3) is 4.44. The third-order valence-electron chi connectivity index (χ3n) is 2.84. The summed E-state index contributed by atoms with van der Waals surface area (Å²) in [5.41, 5.74) is 6.66. The van der Waals surface area contributed by atoms with Gasteiger partial charge in [-0.25, -0.2) is 4.79 Å². The van der Waals surface area contributed by atoms with Crippen LogP contribution in [0.15, 0.2) is 24.3 Å². The molecule has 1 unspecified atom stereocenters. The minimum Gasteiger partial charge on any atom is -0.493 e. The molecule has 1 aromatic carbocycles. The van der Waals surface area contributed by atoms with Crippen molar-refractivity contribution >= 4 is 6.09 Å². The summed E-state index contributed by atoms with van der Waals surface area (Å²) in [6.45, 7) is 4.74. The lowest BCUT2D eigenvalue weighted by atomic mass is 10.1. The lowest BCUT2D eigenvalue weighted by Gasteiger charge is -2.26. The number of para-hydroxylation sites is 1. The number of carboxylic acid groups (broad SMARTS) is 1. The zero-order chi connectivity index (χ0) is 14.3. The summed E-state index contributed by atoms with van der Waals surface area (Å²) < 4.78 is 5.62. The Bertz CT molecular complexity index is 409. The molecule has 3 N–H and O–H groups in total. The van der Waals surface area contributed by atoms with E-state index in [1.807, 2.05) is 38.1 Å². The van der Waals surface area contributed by atoms with Gasteiger partial charge in [-0.1, -0.05) is 32.0 Å². The largest absolute Gasteiger partial charge is 0.493 e. The molecule has 5 nitrogen and oxygen atoms in total. The fraction of sp³-hybridized carbons (Fsp3) is 0.500. The molecule has 0 aliphatic heterocycles. The van der Waals surface area contributed by atoms with E-state index in [1.165, 1.54) is 4.90 Å². The van der Waals surface area contributed by atoms with Crippen LogP contribution in [0.2, 0.25) is 0 Å². The molecular weight excluding hydrogens is 244 g/mol. The normalized spacial score (nSPS) is 11.9. The summed E-state index contributed by atoms with van der Waals surface area (Å²) in [6, 6.07) is 7.46. The first-order valence-electron chi connectivity index (χ1n) is 6.56. The highest BCUT2D eigenvalue weighted by Crippen LogP contribution is 2.21. The van der Waals surface area contributed by atoms with E-state index in [0.717, 1.165) is 17.7 Å². The standard InChI is InChI=1S/C14H22N2O3/c1-3-9-19-12-8-6-5-7-11(12)10-16(14(17)18)13(15)4-2/h5-8,13H,3-4,9-10,15H2,1-2H3,(H,17,18). The Labute approximate surface area is 114 Å². The minimum atomic E-state index is -1.01. The molecule has 0 heterocycles. The van der Waals surface area contributed by atoms with Gasteiger partial charge in [-0.05, 0) is 18.9 Å². The Hall–Kier alpha value is -1.75. The quantitative estimate of drug-likeness (QED) is 0.744. The van der Waals surface area contributed by atoms with Crippen molar-refractivity contribution in [3.8, 4) is 5.75 Å². The van der Waals surface area contributed by atoms with E-state index in [-0.39, 0.29) is 6.54 Å². The van der Waals surface area contributed by atoms with Crippen molar-refractivity contribution in [3.05, 3.63) is 29.8 Å². The summed E-state index contributed by atoms with van der Waals surface area (Å²) in [5, 5.41) is 9.21. The van der Waals surface area contributed by atoms with E-state index < -0.39 is 12.3 Å². The van der Waals surface area contributed by atoms with Gasteiger partial charge >= 0.3 is 6.09 Å². The maximum absolute atomic E-state index is 11.2. The van der Waals surface area contributed by atoms with Crippen LogP contribution in [0.5, 0.6) is 5.75 Å². The number of ether oxygens (including phenoxy) is 1. The molecule has 0 radical (unpaired) electrons. The second-order valence-corrected chi connectivity index (χ2v) is 4.34. The van der Waals surface area contributed by atoms with Crippen LogP contribution < -0.4 is 10.5 Å². The third-order valence-corrected chi connectivity index (χ3v) is 2.84. The molecule has 0 aliphatic rings. The molecule has 1 rings (SSSR count). The lowest BCUT2D eigenvalue weighted by Crippen LogP contribution is -2.44. The fourth-order valence-electron chi connectivity index (χ4n) is 1.72. The lowest BCUT2D eigenvalue weighted by molar-refractivity contribution is 0.119. The van der Waals surface area contributed by atoms with Crippen molar-refractivity contribution in [1.29, 1.82) is 0 Å². The number of amides is 1. The number of rotatable bonds is 7. The number of carbonyl (C=O) groups is 1. The second kappa shape index (κ2) is 7.63. The number of nitrogens with zero attached hydrogens (tertiary/aromatic N) is 1. The van der Waals surface area contributed by atoms with Crippen molar-refractivity contribution < 1.29 is 14.6 Å². The monoisotopic (exact) mass is 266 g/mol. The molecule has 0 saturated carbocycles. The summed E-state index contributed by atoms with van der Waals surface area (Å²) in [6.07, 6.45) is -0.0354. The van der Waals surface area contributed by atoms with Crippen LogP contribution in [-0.2, 0) is 6.54 Å². The van der Waals surface area contributed by atoms with E-state index in [2.05, 4.69) is 0 Å². The molecule has 0 fully saturated rings. The Morgan fingerprint density at radius 3 is 2.68 bits per heavy atom. The number of benzene rings is 1. The van der Waals surface area contributed by atoms with Crippen LogP contribution in [-0.4, -0.2) is 28.9 Å². The highest BCUT2D eigenvalue weighted by atomic mass is 16.5. The SMILES string of the molecule is CCCOc1ccccc1CN(C(=O)O)C(N)CC. The van der Waals surface area contributed by atoms with Crippen LogP contribution >= 0.6 is 0 Å². The Morgan fingerprint density at radius 2 is 2.11 bits per heavy atom. The second-order valence-electron chi connectivity index (χ2n) is 4.34. The molecule has 1 atom stereocenters. The van der Waals surface area contributed by atoms with E-state index in [9.17, 15) is 9.90 Å². The van der Waals surface area contributed by atoms with Gasteiger partial charge in [-0.3, -0.25) is 4.90 Å². The first-order valence-corrected chi connectivity index (χ1v) is 6.56. The first-order chi connectivity index (χ1) is 9.10. The van der Waals surface area contributed by atoms with Gasteiger partial charge in [-0.15, -0.1) is 0 Å². The maximum Gasteiger partial charge on any atom is 0.408 e. The molecule has 106 valence electrons. The molecule has 0 spiro atoms. The first kappa shape index (κ1) is 15.3. The van der Waals surface area contributed by atoms with Crippen molar-refractivity contribution in [2.75, 3.05) is 6.61 Å². The van der Waals surface area contributed by atoms with Gasteiger partial charge in [0.15, 0.2) is 0 Å². The Balaban J connectivity index is 2.86. The number of hydrogen-bond acceptors (Lipinski definition) is 3. The van der Waals surface area contributed by atoms with Gasteiger partial charge < -0.3 is 15.6 Å². The van der Waals surface area contributed by atoms with Crippen molar-refractivity contribution in [3.63, 3.8) is 0 Å². The van der Waals surface area contributed by atoms with Gasteiger partial charge in [0.25, 0.3) is 0 Å². The number of hydrogen-bond donors (Lipinski definition) is 2. The molecule has 0 aromatic heterocycles. The number of nitrogens with two attached hydrogens (primary N) is 1. The zero-order valence-electron chi connectivity index (χ0n) is 11.5. The highest BCUT2D eigenvalue weighted by Gasteiger charge is 2.20. The van der Waals surface area contributed by atoms with Gasteiger partial charge in [0.1, 0.15) is 5.75 Å². The van der Waals surface area contributed by atoms with Crippen LogP contribution in [0.3, 0.4) is 0 Å². The summed E-state index contributed by atoms with van der Waals surface area (Å²) in [7, 11) is 0. The molecule has 0 bridgehead atoms. The fourth-order valence-corrected chi connectivity index (χ4v) is 1.72. The zero-order valence-corrected chi connectivity index (χ0v) is 11.5. The maximum atomic E-state index is 11.2. The smallest absolute Gasteiger partial charge is 0.408 e. The van der Waals surface area contributed by atoms with Crippen LogP contribution in [0.25, 0.3) is 0 Å². The molecule has 1 amide bonds. The van der Waals surface area contributed by atoms with E-state index in [4.69, 9.17) is 10.5 Å². The molecule has 1 aromatic rings. The average Bonchev–Trinajstić information content (AvgIpc) is 2.42. The highest BCUT2D eigenvalue weighted by molar-refractivity contribution is 5.65. The molecule has 0 saturated heterocycles. The molecule has 5 heteroatoms. The van der Waals surface area contributed by atoms with Crippen LogP contribution in [0, 0.1) is 0 Å². The van der Waals surface area contributed by atoms with Crippen molar-refractivity contribution in [1.82, 2.24) is 4.90 Å². The van der Waals surface area contributed by atoms with E-state index in [1.54, 1.807) is 0 Å². The van der Waals surface area contributed by atoms with Crippen LogP contribution in [0.1, 0.15) is 32.3 Å². The topological polar surface area (TPSA) is 75.8 Å². The Morgan fingerprint density at radius 1 is 1.42 bits per heavy atom. The van der Waals surface area contributed by atoms with Crippen molar-refractivity contribution in [2.45, 2.75) is 39.4 Å². The van der Waals surface area contributed by atoms with E-state index >= 15 is 0 Å². The predicted octanol–water partition coefficient (Wildman–Crippen LogP) is 2.65. The van der Waals surface area contributed by atoms with Gasteiger partial charge in [-0.2, -0.15) is 0 Å². The van der Waals surface area contributed by atoms with E-state index in [0.29, 0.717) is 13.0 Å². The van der Waals surface area contributed by atoms with Gasteiger partial charge in [0.2, 0.25) is 0 Å². The van der Waals surface area contributed by atoms with Crippen LogP contribution in [0.4, 0.5) is 4.79 Å². The minimum absolute atomic E-state index is 0.240. The average molecular weight is 266 g/mol. The summed E-state index contributed by atoms with van der Waals surface area (Å²) in [5.74, 6) is 0.721. The molecule has 0 aliphatic carbocycles. The summed E-state index contributed by atoms with van der Waals surface area (Å²) in [4.78, 5) is 12.5. The van der Waals surface area contributed by atoms with Crippen molar-refractivity contribution in [2.24, 2.45) is 5.73 Å².